The number of hydrogen-bond acceptors (Lipinski definition) is 7. The molecule has 2 aliphatic rings. The van der Waals surface area contributed by atoms with Gasteiger partial charge in [0, 0.05) is 63.5 Å². The van der Waals surface area contributed by atoms with E-state index < -0.39 is 0 Å². The molecule has 3 heterocycles. The molecule has 1 saturated carbocycles. The molecule has 2 aromatic carbocycles. The van der Waals surface area contributed by atoms with Gasteiger partial charge in [-0.3, -0.25) is 10.1 Å². The first-order valence-electron chi connectivity index (χ1n) is 15.3. The van der Waals surface area contributed by atoms with Gasteiger partial charge in [-0.1, -0.05) is 24.3 Å². The second kappa shape index (κ2) is 13.8. The standard InChI is InChI=1S/C34H40N7O2/c1-26-25-40-31-14-5-4-13-30(31)37-34(33(40)32(26)28-10-2-3-11-28)36-16-8-18-39-21-19-38(20-22-39)17-7-15-35-24-27-9-6-12-29(23-27)41(42)43/h2-6,9-14,23,25,35H,7-8,15-22,24H2,1H3,(H,36,37). The van der Waals surface area contributed by atoms with Crippen molar-refractivity contribution in [1.82, 2.24) is 24.5 Å². The van der Waals surface area contributed by atoms with Crippen LogP contribution in [0.2, 0.25) is 0 Å². The third-order valence-electron chi connectivity index (χ3n) is 8.43. The molecule has 2 aromatic heterocycles. The fourth-order valence-corrected chi connectivity index (χ4v) is 6.20. The average Bonchev–Trinajstić information content (AvgIpc) is 3.67. The van der Waals surface area contributed by atoms with Crippen LogP contribution in [0.4, 0.5) is 11.5 Å². The summed E-state index contributed by atoms with van der Waals surface area (Å²) in [7, 11) is 0. The lowest BCUT2D eigenvalue weighted by Crippen LogP contribution is -2.47. The Morgan fingerprint density at radius 2 is 1.65 bits per heavy atom. The zero-order valence-electron chi connectivity index (χ0n) is 24.8. The van der Waals surface area contributed by atoms with E-state index in [0.29, 0.717) is 6.54 Å². The van der Waals surface area contributed by atoms with Crippen molar-refractivity contribution < 1.29 is 4.92 Å². The Hall–Kier alpha value is -3.53. The molecular formula is C34H40N7O2. The number of nitrogens with one attached hydrogen (secondary N) is 2. The van der Waals surface area contributed by atoms with Crippen LogP contribution in [0.1, 0.15) is 29.5 Å². The lowest BCUT2D eigenvalue weighted by molar-refractivity contribution is -0.384. The highest BCUT2D eigenvalue weighted by Gasteiger charge is 2.26. The van der Waals surface area contributed by atoms with Gasteiger partial charge in [-0.05, 0) is 93.9 Å². The normalized spacial score (nSPS) is 16.9. The molecule has 6 rings (SSSR count). The number of nitro benzene ring substituents is 1. The summed E-state index contributed by atoms with van der Waals surface area (Å²) >= 11 is 0. The van der Waals surface area contributed by atoms with Gasteiger partial charge in [0.25, 0.3) is 5.69 Å². The predicted octanol–water partition coefficient (Wildman–Crippen LogP) is 5.06. The van der Waals surface area contributed by atoms with Crippen LogP contribution in [-0.4, -0.2) is 76.5 Å². The first-order chi connectivity index (χ1) is 21.1. The summed E-state index contributed by atoms with van der Waals surface area (Å²) in [5.74, 6) is 2.18. The van der Waals surface area contributed by atoms with Crippen molar-refractivity contribution in [2.45, 2.75) is 26.3 Å². The second-order valence-corrected chi connectivity index (χ2v) is 11.4. The maximum atomic E-state index is 11.0. The number of para-hydroxylation sites is 2. The summed E-state index contributed by atoms with van der Waals surface area (Å²) in [5, 5.41) is 18.1. The summed E-state index contributed by atoms with van der Waals surface area (Å²) < 4.78 is 2.30. The highest BCUT2D eigenvalue weighted by atomic mass is 16.6. The van der Waals surface area contributed by atoms with Crippen LogP contribution in [0, 0.1) is 48.6 Å². The van der Waals surface area contributed by atoms with Crippen LogP contribution in [0.25, 0.3) is 16.6 Å². The maximum Gasteiger partial charge on any atom is 0.269 e. The van der Waals surface area contributed by atoms with Crippen LogP contribution in [-0.2, 0) is 6.54 Å². The third-order valence-corrected chi connectivity index (χ3v) is 8.43. The second-order valence-electron chi connectivity index (χ2n) is 11.4. The van der Waals surface area contributed by atoms with Crippen LogP contribution in [0.15, 0.2) is 54.7 Å². The van der Waals surface area contributed by atoms with Gasteiger partial charge in [0.2, 0.25) is 0 Å². The van der Waals surface area contributed by atoms with Crippen molar-refractivity contribution >= 4 is 28.1 Å². The van der Waals surface area contributed by atoms with Gasteiger partial charge in [0.05, 0.1) is 21.5 Å². The zero-order valence-corrected chi connectivity index (χ0v) is 24.8. The molecule has 1 aliphatic heterocycles. The van der Waals surface area contributed by atoms with Crippen LogP contribution in [0.3, 0.4) is 0 Å². The number of piperazine rings is 1. The maximum absolute atomic E-state index is 11.0. The van der Waals surface area contributed by atoms with Gasteiger partial charge >= 0.3 is 0 Å². The Morgan fingerprint density at radius 1 is 0.930 bits per heavy atom. The minimum atomic E-state index is -0.342. The molecule has 0 spiro atoms. The van der Waals surface area contributed by atoms with E-state index in [0.717, 1.165) is 93.1 Å². The van der Waals surface area contributed by atoms with Crippen LogP contribution in [0.5, 0.6) is 0 Å². The number of anilines is 1. The predicted molar refractivity (Wildman–Crippen MR) is 172 cm³/mol. The van der Waals surface area contributed by atoms with E-state index in [1.165, 1.54) is 23.1 Å². The number of hydrogen-bond donors (Lipinski definition) is 2. The molecule has 9 nitrogen and oxygen atoms in total. The van der Waals surface area contributed by atoms with Crippen molar-refractivity contribution in [3.05, 3.63) is 113 Å². The van der Waals surface area contributed by atoms with Crippen molar-refractivity contribution in [3.63, 3.8) is 0 Å². The minimum absolute atomic E-state index is 0.148. The molecule has 9 heteroatoms. The first-order valence-corrected chi connectivity index (χ1v) is 15.3. The van der Waals surface area contributed by atoms with E-state index in [1.54, 1.807) is 12.1 Å². The van der Waals surface area contributed by atoms with Crippen molar-refractivity contribution in [2.24, 2.45) is 0 Å². The Balaban J connectivity index is 0.947. The van der Waals surface area contributed by atoms with E-state index in [2.05, 4.69) is 87.9 Å². The van der Waals surface area contributed by atoms with Crippen LogP contribution < -0.4 is 10.6 Å². The van der Waals surface area contributed by atoms with Crippen molar-refractivity contribution in [3.8, 4) is 0 Å². The van der Waals surface area contributed by atoms with E-state index in [4.69, 9.17) is 4.98 Å². The molecule has 2 fully saturated rings. The number of non-ortho nitro benzene ring substituents is 1. The molecule has 5 radical (unpaired) electrons. The first kappa shape index (κ1) is 29.5. The number of fused-ring (bicyclic) bond motifs is 3. The highest BCUT2D eigenvalue weighted by Crippen LogP contribution is 2.39. The lowest BCUT2D eigenvalue weighted by atomic mass is 9.95. The SMILES string of the molecule is Cc1cn2c(c(NCCCN3CCN(CCCNCc4cccc([N+](=O)[O-])c4)CC3)nc3ccccc32)c1[C]1[CH][CH][CH][CH]1. The van der Waals surface area contributed by atoms with E-state index >= 15 is 0 Å². The molecule has 1 saturated heterocycles. The molecule has 4 aromatic rings. The summed E-state index contributed by atoms with van der Waals surface area (Å²) in [4.78, 5) is 20.8. The van der Waals surface area contributed by atoms with Gasteiger partial charge in [0.1, 0.15) is 0 Å². The van der Waals surface area contributed by atoms with E-state index in [9.17, 15) is 10.1 Å². The summed E-state index contributed by atoms with van der Waals surface area (Å²) in [6.45, 7) is 11.1. The minimum Gasteiger partial charge on any atom is -0.368 e. The summed E-state index contributed by atoms with van der Waals surface area (Å²) in [6.07, 6.45) is 12.9. The molecule has 0 unspecified atom stereocenters. The van der Waals surface area contributed by atoms with Gasteiger partial charge in [-0.2, -0.15) is 0 Å². The van der Waals surface area contributed by atoms with Crippen LogP contribution >= 0.6 is 0 Å². The van der Waals surface area contributed by atoms with Crippen molar-refractivity contribution in [2.75, 3.05) is 57.7 Å². The molecule has 223 valence electrons. The largest absolute Gasteiger partial charge is 0.368 e. The number of nitro groups is 1. The highest BCUT2D eigenvalue weighted by molar-refractivity contribution is 5.89. The molecular weight excluding hydrogens is 538 g/mol. The lowest BCUT2D eigenvalue weighted by Gasteiger charge is -2.34. The molecule has 0 atom stereocenters. The average molecular weight is 579 g/mol. The Bertz CT molecular complexity index is 1540. The smallest absolute Gasteiger partial charge is 0.269 e. The fourth-order valence-electron chi connectivity index (χ4n) is 6.20. The Kier molecular flexibility index (Phi) is 9.51. The number of nitrogens with zero attached hydrogens (tertiary/aromatic N) is 5. The fraction of sp³-hybridized carbons (Fsp3) is 0.353. The molecule has 0 amide bonds. The molecule has 0 bridgehead atoms. The number of aromatic nitrogens is 2. The third kappa shape index (κ3) is 7.00. The summed E-state index contributed by atoms with van der Waals surface area (Å²) in [5.41, 5.74) is 6.87. The Morgan fingerprint density at radius 3 is 2.40 bits per heavy atom. The quantitative estimate of drug-likeness (QED) is 0.130. The van der Waals surface area contributed by atoms with Crippen molar-refractivity contribution in [1.29, 1.82) is 0 Å². The number of aryl methyl sites for hydroxylation is 1. The molecule has 2 N–H and O–H groups in total. The van der Waals surface area contributed by atoms with E-state index in [1.807, 2.05) is 6.07 Å². The molecule has 1 aliphatic carbocycles. The number of rotatable bonds is 13. The van der Waals surface area contributed by atoms with Gasteiger partial charge in [-0.25, -0.2) is 4.98 Å². The van der Waals surface area contributed by atoms with Gasteiger partial charge in [0.15, 0.2) is 5.82 Å². The summed E-state index contributed by atoms with van der Waals surface area (Å²) in [6, 6.07) is 15.2. The monoisotopic (exact) mass is 578 g/mol. The molecule has 43 heavy (non-hydrogen) atoms. The van der Waals surface area contributed by atoms with Gasteiger partial charge < -0.3 is 24.8 Å². The Labute approximate surface area is 254 Å². The van der Waals surface area contributed by atoms with Gasteiger partial charge in [-0.15, -0.1) is 0 Å². The zero-order chi connectivity index (χ0) is 29.6. The number of benzene rings is 2. The topological polar surface area (TPSA) is 91.0 Å². The van der Waals surface area contributed by atoms with E-state index in [-0.39, 0.29) is 10.6 Å².